The molecule has 0 heterocycles. The van der Waals surface area contributed by atoms with Crippen LogP contribution in [0.15, 0.2) is 35.2 Å². The molecule has 0 aliphatic heterocycles. The normalized spacial score (nSPS) is 12.0. The third-order valence-corrected chi connectivity index (χ3v) is 5.49. The van der Waals surface area contributed by atoms with E-state index < -0.39 is 10.1 Å². The van der Waals surface area contributed by atoms with Gasteiger partial charge in [-0.15, -0.1) is 0 Å². The minimum absolute atomic E-state index is 0.101. The second kappa shape index (κ2) is 8.63. The highest BCUT2D eigenvalue weighted by Gasteiger charge is 2.20. The standard InChI is InChI=1S/C20H28O3S/c1-3-5-7-13-18-17-12-10-9-11-16(17)15-20(24(21,22)23)19(18)14-8-6-4-2/h9-12,15H,3-8,13-14H2,1-2H3,(H,21,22,23). The van der Waals surface area contributed by atoms with Crippen LogP contribution in [-0.2, 0) is 23.0 Å². The summed E-state index contributed by atoms with van der Waals surface area (Å²) in [6.07, 6.45) is 7.94. The molecular formula is C20H28O3S. The maximum Gasteiger partial charge on any atom is 0.294 e. The molecule has 2 aromatic carbocycles. The molecule has 0 aromatic heterocycles. The van der Waals surface area contributed by atoms with Crippen LogP contribution in [0.5, 0.6) is 0 Å². The van der Waals surface area contributed by atoms with E-state index in [0.29, 0.717) is 6.42 Å². The minimum atomic E-state index is -4.22. The fraction of sp³-hybridized carbons (Fsp3) is 0.500. The molecule has 24 heavy (non-hydrogen) atoms. The van der Waals surface area contributed by atoms with Gasteiger partial charge < -0.3 is 0 Å². The van der Waals surface area contributed by atoms with Crippen LogP contribution >= 0.6 is 0 Å². The van der Waals surface area contributed by atoms with E-state index in [-0.39, 0.29) is 4.90 Å². The third kappa shape index (κ3) is 4.58. The van der Waals surface area contributed by atoms with E-state index in [1.807, 2.05) is 18.2 Å². The van der Waals surface area contributed by atoms with Crippen molar-refractivity contribution in [2.75, 3.05) is 0 Å². The Morgan fingerprint density at radius 1 is 0.875 bits per heavy atom. The van der Waals surface area contributed by atoms with E-state index in [2.05, 4.69) is 19.9 Å². The smallest absolute Gasteiger partial charge is 0.282 e. The summed E-state index contributed by atoms with van der Waals surface area (Å²) in [6.45, 7) is 4.29. The topological polar surface area (TPSA) is 54.4 Å². The molecule has 0 aliphatic carbocycles. The Morgan fingerprint density at radius 2 is 1.46 bits per heavy atom. The molecule has 4 heteroatoms. The molecule has 0 atom stereocenters. The molecule has 0 aliphatic rings. The molecule has 1 N–H and O–H groups in total. The van der Waals surface area contributed by atoms with Crippen LogP contribution in [0.25, 0.3) is 10.8 Å². The summed E-state index contributed by atoms with van der Waals surface area (Å²) in [7, 11) is -4.22. The van der Waals surface area contributed by atoms with Gasteiger partial charge in [-0.05, 0) is 53.6 Å². The van der Waals surface area contributed by atoms with E-state index in [1.54, 1.807) is 6.07 Å². The zero-order valence-electron chi connectivity index (χ0n) is 14.7. The summed E-state index contributed by atoms with van der Waals surface area (Å²) in [4.78, 5) is 0.101. The molecule has 0 radical (unpaired) electrons. The highest BCUT2D eigenvalue weighted by molar-refractivity contribution is 7.85. The van der Waals surface area contributed by atoms with Gasteiger partial charge in [-0.1, -0.05) is 63.8 Å². The lowest BCUT2D eigenvalue weighted by atomic mass is 9.92. The number of aryl methyl sites for hydroxylation is 1. The van der Waals surface area contributed by atoms with Crippen LogP contribution in [0.2, 0.25) is 0 Å². The van der Waals surface area contributed by atoms with Crippen molar-refractivity contribution < 1.29 is 13.0 Å². The number of rotatable bonds is 9. The first-order chi connectivity index (χ1) is 11.5. The lowest BCUT2D eigenvalue weighted by molar-refractivity contribution is 0.481. The third-order valence-electron chi connectivity index (χ3n) is 4.57. The molecule has 2 aromatic rings. The second-order valence-electron chi connectivity index (χ2n) is 6.44. The van der Waals surface area contributed by atoms with Gasteiger partial charge >= 0.3 is 0 Å². The van der Waals surface area contributed by atoms with Crippen molar-refractivity contribution in [3.8, 4) is 0 Å². The first-order valence-corrected chi connectivity index (χ1v) is 10.4. The Bertz CT molecular complexity index is 779. The average Bonchev–Trinajstić information content (AvgIpc) is 2.55. The molecule has 0 spiro atoms. The van der Waals surface area contributed by atoms with E-state index in [1.165, 1.54) is 0 Å². The summed E-state index contributed by atoms with van der Waals surface area (Å²) in [5.74, 6) is 0. The van der Waals surface area contributed by atoms with Crippen LogP contribution in [0.1, 0.15) is 63.5 Å². The Hall–Kier alpha value is -1.39. The molecule has 0 amide bonds. The molecule has 132 valence electrons. The Balaban J connectivity index is 2.61. The van der Waals surface area contributed by atoms with Crippen molar-refractivity contribution in [1.82, 2.24) is 0 Å². The van der Waals surface area contributed by atoms with E-state index in [4.69, 9.17) is 0 Å². The molecule has 0 fully saturated rings. The molecule has 0 saturated heterocycles. The quantitative estimate of drug-likeness (QED) is 0.477. The van der Waals surface area contributed by atoms with Crippen molar-refractivity contribution in [1.29, 1.82) is 0 Å². The maximum absolute atomic E-state index is 12.0. The molecule has 0 saturated carbocycles. The Morgan fingerprint density at radius 3 is 2.04 bits per heavy atom. The largest absolute Gasteiger partial charge is 0.294 e. The predicted octanol–water partition coefficient (Wildman–Crippen LogP) is 5.55. The summed E-state index contributed by atoms with van der Waals surface area (Å²) < 4.78 is 33.7. The van der Waals surface area contributed by atoms with Crippen molar-refractivity contribution in [3.63, 3.8) is 0 Å². The van der Waals surface area contributed by atoms with Gasteiger partial charge in [0.1, 0.15) is 0 Å². The SMILES string of the molecule is CCCCCc1c(S(=O)(=O)O)cc2ccccc2c1CCCCC. The fourth-order valence-corrected chi connectivity index (χ4v) is 4.14. The van der Waals surface area contributed by atoms with E-state index in [0.717, 1.165) is 66.8 Å². The minimum Gasteiger partial charge on any atom is -0.282 e. The van der Waals surface area contributed by atoms with E-state index >= 15 is 0 Å². The van der Waals surface area contributed by atoms with Crippen molar-refractivity contribution >= 4 is 20.9 Å². The van der Waals surface area contributed by atoms with Crippen molar-refractivity contribution in [2.24, 2.45) is 0 Å². The highest BCUT2D eigenvalue weighted by Crippen LogP contribution is 2.31. The first-order valence-electron chi connectivity index (χ1n) is 9.00. The Kier molecular flexibility index (Phi) is 6.81. The van der Waals surface area contributed by atoms with Gasteiger partial charge in [0, 0.05) is 0 Å². The van der Waals surface area contributed by atoms with Crippen molar-refractivity contribution in [3.05, 3.63) is 41.5 Å². The van der Waals surface area contributed by atoms with Crippen LogP contribution < -0.4 is 0 Å². The zero-order chi connectivity index (χ0) is 17.6. The molecule has 3 nitrogen and oxygen atoms in total. The van der Waals surface area contributed by atoms with Gasteiger partial charge in [-0.2, -0.15) is 8.42 Å². The van der Waals surface area contributed by atoms with Crippen LogP contribution in [-0.4, -0.2) is 13.0 Å². The number of hydrogen-bond acceptors (Lipinski definition) is 2. The number of unbranched alkanes of at least 4 members (excludes halogenated alkanes) is 4. The molecular weight excluding hydrogens is 320 g/mol. The van der Waals surface area contributed by atoms with Crippen molar-refractivity contribution in [2.45, 2.75) is 70.1 Å². The fourth-order valence-electron chi connectivity index (χ4n) is 3.33. The molecule has 2 rings (SSSR count). The van der Waals surface area contributed by atoms with Crippen LogP contribution in [0.4, 0.5) is 0 Å². The first kappa shape index (κ1) is 18.9. The highest BCUT2D eigenvalue weighted by atomic mass is 32.2. The monoisotopic (exact) mass is 348 g/mol. The Labute approximate surface area is 145 Å². The zero-order valence-corrected chi connectivity index (χ0v) is 15.5. The van der Waals surface area contributed by atoms with Gasteiger partial charge in [0.15, 0.2) is 0 Å². The van der Waals surface area contributed by atoms with Crippen LogP contribution in [0.3, 0.4) is 0 Å². The van der Waals surface area contributed by atoms with Gasteiger partial charge in [-0.25, -0.2) is 0 Å². The van der Waals surface area contributed by atoms with E-state index in [9.17, 15) is 13.0 Å². The van der Waals surface area contributed by atoms with Gasteiger partial charge in [0.05, 0.1) is 4.90 Å². The summed E-state index contributed by atoms with van der Waals surface area (Å²) in [6, 6.07) is 9.52. The predicted molar refractivity (Wildman–Crippen MR) is 100 cm³/mol. The summed E-state index contributed by atoms with van der Waals surface area (Å²) >= 11 is 0. The number of fused-ring (bicyclic) bond motifs is 1. The lowest BCUT2D eigenvalue weighted by Gasteiger charge is -2.17. The van der Waals surface area contributed by atoms with Gasteiger partial charge in [0.2, 0.25) is 0 Å². The van der Waals surface area contributed by atoms with Gasteiger partial charge in [0.25, 0.3) is 10.1 Å². The molecule has 0 bridgehead atoms. The van der Waals surface area contributed by atoms with Gasteiger partial charge in [-0.3, -0.25) is 4.55 Å². The average molecular weight is 349 g/mol. The number of benzene rings is 2. The maximum atomic E-state index is 12.0. The summed E-state index contributed by atoms with van der Waals surface area (Å²) in [5, 5.41) is 2.00. The van der Waals surface area contributed by atoms with Crippen LogP contribution in [0, 0.1) is 0 Å². The number of hydrogen-bond donors (Lipinski definition) is 1. The lowest BCUT2D eigenvalue weighted by Crippen LogP contribution is -2.08. The summed E-state index contributed by atoms with van der Waals surface area (Å²) in [5.41, 5.74) is 1.92. The second-order valence-corrected chi connectivity index (χ2v) is 7.83. The molecule has 0 unspecified atom stereocenters.